The predicted molar refractivity (Wildman–Crippen MR) is 72.6 cm³/mol. The van der Waals surface area contributed by atoms with Crippen molar-refractivity contribution in [2.45, 2.75) is 32.7 Å². The molecular formula is C15H22N2O2. The molecule has 104 valence electrons. The van der Waals surface area contributed by atoms with Crippen molar-refractivity contribution in [3.05, 3.63) is 23.7 Å². The average Bonchev–Trinajstić information content (AvgIpc) is 2.92. The summed E-state index contributed by atoms with van der Waals surface area (Å²) in [4.78, 5) is 14.3. The van der Waals surface area contributed by atoms with Crippen LogP contribution in [0, 0.1) is 18.3 Å². The summed E-state index contributed by atoms with van der Waals surface area (Å²) in [5.74, 6) is 2.30. The van der Waals surface area contributed by atoms with Crippen molar-refractivity contribution >= 4 is 5.91 Å². The van der Waals surface area contributed by atoms with E-state index in [2.05, 4.69) is 5.32 Å². The Morgan fingerprint density at radius 1 is 1.47 bits per heavy atom. The lowest BCUT2D eigenvalue weighted by atomic mass is 9.91. The Hall–Kier alpha value is -1.29. The van der Waals surface area contributed by atoms with Crippen LogP contribution in [0.4, 0.5) is 0 Å². The lowest BCUT2D eigenvalue weighted by Crippen LogP contribution is -2.34. The molecule has 19 heavy (non-hydrogen) atoms. The molecule has 3 rings (SSSR count). The average molecular weight is 262 g/mol. The Bertz CT molecular complexity index is 474. The Labute approximate surface area is 114 Å². The molecule has 1 unspecified atom stereocenters. The molecule has 1 saturated heterocycles. The van der Waals surface area contributed by atoms with Gasteiger partial charge in [-0.1, -0.05) is 0 Å². The highest BCUT2D eigenvalue weighted by Crippen LogP contribution is 2.59. The molecule has 4 nitrogen and oxygen atoms in total. The smallest absolute Gasteiger partial charge is 0.226 e. The third-order valence-corrected chi connectivity index (χ3v) is 4.65. The maximum absolute atomic E-state index is 12.5. The van der Waals surface area contributed by atoms with E-state index in [1.165, 1.54) is 0 Å². The van der Waals surface area contributed by atoms with Crippen molar-refractivity contribution in [2.75, 3.05) is 20.1 Å². The summed E-state index contributed by atoms with van der Waals surface area (Å²) in [6.45, 7) is 4.63. The summed E-state index contributed by atoms with van der Waals surface area (Å²) in [7, 11) is 1.88. The van der Waals surface area contributed by atoms with Crippen LogP contribution in [0.5, 0.6) is 0 Å². The van der Waals surface area contributed by atoms with Gasteiger partial charge in [-0.3, -0.25) is 4.79 Å². The third-order valence-electron chi connectivity index (χ3n) is 4.65. The molecule has 1 saturated carbocycles. The zero-order valence-electron chi connectivity index (χ0n) is 11.7. The van der Waals surface area contributed by atoms with Crippen LogP contribution in [0.1, 0.15) is 30.8 Å². The zero-order chi connectivity index (χ0) is 13.5. The quantitative estimate of drug-likeness (QED) is 0.905. The van der Waals surface area contributed by atoms with Crippen molar-refractivity contribution in [2.24, 2.45) is 11.3 Å². The van der Waals surface area contributed by atoms with E-state index >= 15 is 0 Å². The summed E-state index contributed by atoms with van der Waals surface area (Å²) < 4.78 is 5.54. The van der Waals surface area contributed by atoms with Gasteiger partial charge in [0.1, 0.15) is 11.5 Å². The number of rotatable bonds is 3. The van der Waals surface area contributed by atoms with Gasteiger partial charge in [0.2, 0.25) is 5.91 Å². The molecule has 2 fully saturated rings. The molecule has 4 heteroatoms. The number of nitrogens with one attached hydrogen (secondary N) is 1. The van der Waals surface area contributed by atoms with Gasteiger partial charge in [0.25, 0.3) is 0 Å². The molecular weight excluding hydrogens is 240 g/mol. The Balaban J connectivity index is 1.59. The highest BCUT2D eigenvalue weighted by molar-refractivity contribution is 5.82. The Morgan fingerprint density at radius 2 is 2.21 bits per heavy atom. The fourth-order valence-electron chi connectivity index (χ4n) is 3.32. The number of carbonyl (C=O) groups is 1. The molecule has 1 aromatic heterocycles. The molecule has 1 atom stereocenters. The number of furan rings is 1. The molecule has 1 aromatic rings. The maximum atomic E-state index is 12.5. The van der Waals surface area contributed by atoms with Crippen molar-refractivity contribution in [1.82, 2.24) is 10.2 Å². The van der Waals surface area contributed by atoms with Gasteiger partial charge in [0.05, 0.1) is 6.54 Å². The van der Waals surface area contributed by atoms with E-state index in [9.17, 15) is 4.79 Å². The number of carbonyl (C=O) groups excluding carboxylic acids is 1. The molecule has 1 aliphatic carbocycles. The van der Waals surface area contributed by atoms with E-state index < -0.39 is 0 Å². The maximum Gasteiger partial charge on any atom is 0.226 e. The number of aryl methyl sites for hydroxylation is 1. The Morgan fingerprint density at radius 3 is 2.84 bits per heavy atom. The van der Waals surface area contributed by atoms with Crippen molar-refractivity contribution in [3.63, 3.8) is 0 Å². The van der Waals surface area contributed by atoms with E-state index in [0.717, 1.165) is 43.9 Å². The van der Waals surface area contributed by atoms with Crippen LogP contribution in [-0.2, 0) is 11.3 Å². The zero-order valence-corrected chi connectivity index (χ0v) is 11.7. The minimum absolute atomic E-state index is 0.246. The number of hydrogen-bond donors (Lipinski definition) is 1. The molecule has 1 spiro atoms. The lowest BCUT2D eigenvalue weighted by Gasteiger charge is -2.24. The van der Waals surface area contributed by atoms with Crippen LogP contribution in [0.15, 0.2) is 16.5 Å². The number of nitrogens with zero attached hydrogens (tertiary/aromatic N) is 1. The Kier molecular flexibility index (Phi) is 3.13. The van der Waals surface area contributed by atoms with E-state index in [1.54, 1.807) is 0 Å². The molecule has 0 radical (unpaired) electrons. The van der Waals surface area contributed by atoms with Crippen LogP contribution in [0.25, 0.3) is 0 Å². The molecule has 1 aliphatic heterocycles. The molecule has 1 N–H and O–H groups in total. The van der Waals surface area contributed by atoms with Crippen LogP contribution in [-0.4, -0.2) is 30.9 Å². The first kappa shape index (κ1) is 12.7. The van der Waals surface area contributed by atoms with Crippen LogP contribution < -0.4 is 5.32 Å². The van der Waals surface area contributed by atoms with Crippen LogP contribution in [0.2, 0.25) is 0 Å². The number of hydrogen-bond acceptors (Lipinski definition) is 3. The van der Waals surface area contributed by atoms with Gasteiger partial charge in [0.15, 0.2) is 0 Å². The van der Waals surface area contributed by atoms with Gasteiger partial charge in [-0.2, -0.15) is 0 Å². The molecule has 2 heterocycles. The van der Waals surface area contributed by atoms with Gasteiger partial charge in [-0.05, 0) is 56.8 Å². The first-order valence-corrected chi connectivity index (χ1v) is 7.12. The monoisotopic (exact) mass is 262 g/mol. The minimum atomic E-state index is 0.246. The van der Waals surface area contributed by atoms with E-state index in [-0.39, 0.29) is 11.8 Å². The van der Waals surface area contributed by atoms with Crippen LogP contribution >= 0.6 is 0 Å². The SMILES string of the molecule is Cc1ccc(CN(C)C(=O)C2CC23CCNCC3)o1. The van der Waals surface area contributed by atoms with Crippen molar-refractivity contribution in [1.29, 1.82) is 0 Å². The van der Waals surface area contributed by atoms with Crippen molar-refractivity contribution < 1.29 is 9.21 Å². The summed E-state index contributed by atoms with van der Waals surface area (Å²) in [5.41, 5.74) is 0.315. The van der Waals surface area contributed by atoms with Crippen LogP contribution in [0.3, 0.4) is 0 Å². The fraction of sp³-hybridized carbons (Fsp3) is 0.667. The van der Waals surface area contributed by atoms with Gasteiger partial charge < -0.3 is 14.6 Å². The molecule has 0 bridgehead atoms. The van der Waals surface area contributed by atoms with Crippen molar-refractivity contribution in [3.8, 4) is 0 Å². The molecule has 1 amide bonds. The second-order valence-corrected chi connectivity index (χ2v) is 6.08. The van der Waals surface area contributed by atoms with Gasteiger partial charge in [-0.25, -0.2) is 0 Å². The normalized spacial score (nSPS) is 24.4. The topological polar surface area (TPSA) is 45.5 Å². The second kappa shape index (κ2) is 4.67. The van der Waals surface area contributed by atoms with E-state index in [0.29, 0.717) is 12.0 Å². The summed E-state index contributed by atoms with van der Waals surface area (Å²) in [6.07, 6.45) is 3.38. The van der Waals surface area contributed by atoms with Gasteiger partial charge in [0, 0.05) is 13.0 Å². The highest BCUT2D eigenvalue weighted by Gasteiger charge is 2.58. The number of piperidine rings is 1. The predicted octanol–water partition coefficient (Wildman–Crippen LogP) is 1.94. The van der Waals surface area contributed by atoms with Gasteiger partial charge in [-0.15, -0.1) is 0 Å². The summed E-state index contributed by atoms with van der Waals surface area (Å²) in [6, 6.07) is 3.89. The molecule has 2 aliphatic rings. The first-order chi connectivity index (χ1) is 9.11. The summed E-state index contributed by atoms with van der Waals surface area (Å²) >= 11 is 0. The summed E-state index contributed by atoms with van der Waals surface area (Å²) in [5, 5.41) is 3.37. The molecule has 0 aromatic carbocycles. The lowest BCUT2D eigenvalue weighted by molar-refractivity contribution is -0.133. The number of amides is 1. The third kappa shape index (κ3) is 2.41. The largest absolute Gasteiger partial charge is 0.464 e. The van der Waals surface area contributed by atoms with Gasteiger partial charge >= 0.3 is 0 Å². The second-order valence-electron chi connectivity index (χ2n) is 6.08. The van der Waals surface area contributed by atoms with E-state index in [1.807, 2.05) is 31.0 Å². The fourth-order valence-corrected chi connectivity index (χ4v) is 3.32. The highest BCUT2D eigenvalue weighted by atomic mass is 16.3. The first-order valence-electron chi connectivity index (χ1n) is 7.12. The standard InChI is InChI=1S/C15H22N2O2/c1-11-3-4-12(19-11)10-17(2)14(18)13-9-15(13)5-7-16-8-6-15/h3-4,13,16H,5-10H2,1-2H3. The minimum Gasteiger partial charge on any atom is -0.464 e. The van der Waals surface area contributed by atoms with E-state index in [4.69, 9.17) is 4.42 Å².